The first-order chi connectivity index (χ1) is 7.31. The molecule has 84 valence electrons. The van der Waals surface area contributed by atoms with Gasteiger partial charge < -0.3 is 9.73 Å². The fraction of sp³-hybridized carbons (Fsp3) is 0.636. The molecule has 0 radical (unpaired) electrons. The smallest absolute Gasteiger partial charge is 0.193 e. The second kappa shape index (κ2) is 5.01. The quantitative estimate of drug-likeness (QED) is 0.861. The molecule has 1 atom stereocenters. The van der Waals surface area contributed by atoms with E-state index < -0.39 is 0 Å². The molecule has 15 heavy (non-hydrogen) atoms. The maximum atomic E-state index is 5.80. The summed E-state index contributed by atoms with van der Waals surface area (Å²) in [5.74, 6) is 0.990. The van der Waals surface area contributed by atoms with Gasteiger partial charge in [0.05, 0.1) is 6.04 Å². The SMILES string of the molecule is CC[C@@H](c1ccc(Cl)o1)N1CCNCC1. The van der Waals surface area contributed by atoms with Crippen LogP contribution in [0.3, 0.4) is 0 Å². The standard InChI is InChI=1S/C11H17ClN2O/c1-2-9(10-3-4-11(12)15-10)14-7-5-13-6-8-14/h3-4,9,13H,2,5-8H2,1H3/t9-/m0/s1. The van der Waals surface area contributed by atoms with E-state index in [-0.39, 0.29) is 0 Å². The summed E-state index contributed by atoms with van der Waals surface area (Å²) >= 11 is 5.80. The van der Waals surface area contributed by atoms with Gasteiger partial charge in [0.1, 0.15) is 5.76 Å². The van der Waals surface area contributed by atoms with Crippen LogP contribution in [0.2, 0.25) is 5.22 Å². The van der Waals surface area contributed by atoms with E-state index in [2.05, 4.69) is 17.1 Å². The number of hydrogen-bond acceptors (Lipinski definition) is 3. The molecule has 1 fully saturated rings. The van der Waals surface area contributed by atoms with Crippen molar-refractivity contribution in [1.82, 2.24) is 10.2 Å². The van der Waals surface area contributed by atoms with Gasteiger partial charge in [-0.15, -0.1) is 0 Å². The van der Waals surface area contributed by atoms with Gasteiger partial charge in [0.25, 0.3) is 0 Å². The lowest BCUT2D eigenvalue weighted by Gasteiger charge is -2.33. The molecule has 0 unspecified atom stereocenters. The predicted octanol–water partition coefficient (Wildman–Crippen LogP) is 2.29. The second-order valence-electron chi connectivity index (χ2n) is 3.85. The topological polar surface area (TPSA) is 28.4 Å². The lowest BCUT2D eigenvalue weighted by Crippen LogP contribution is -2.44. The third-order valence-electron chi connectivity index (χ3n) is 2.90. The van der Waals surface area contributed by atoms with Gasteiger partial charge in [-0.1, -0.05) is 6.92 Å². The lowest BCUT2D eigenvalue weighted by atomic mass is 10.1. The van der Waals surface area contributed by atoms with Crippen molar-refractivity contribution in [2.24, 2.45) is 0 Å². The van der Waals surface area contributed by atoms with Crippen LogP contribution in [0.1, 0.15) is 25.1 Å². The van der Waals surface area contributed by atoms with Crippen LogP contribution in [0.15, 0.2) is 16.5 Å². The monoisotopic (exact) mass is 228 g/mol. The van der Waals surface area contributed by atoms with Crippen molar-refractivity contribution in [3.05, 3.63) is 23.1 Å². The highest BCUT2D eigenvalue weighted by Gasteiger charge is 2.22. The molecule has 3 nitrogen and oxygen atoms in total. The summed E-state index contributed by atoms with van der Waals surface area (Å²) < 4.78 is 5.49. The number of piperazine rings is 1. The van der Waals surface area contributed by atoms with Gasteiger partial charge in [-0.05, 0) is 30.2 Å². The fourth-order valence-corrected chi connectivity index (χ4v) is 2.29. The van der Waals surface area contributed by atoms with Gasteiger partial charge in [-0.3, -0.25) is 4.90 Å². The van der Waals surface area contributed by atoms with Crippen LogP contribution in [0.5, 0.6) is 0 Å². The summed E-state index contributed by atoms with van der Waals surface area (Å²) in [6.07, 6.45) is 1.06. The Labute approximate surface area is 95.4 Å². The zero-order valence-electron chi connectivity index (χ0n) is 9.00. The van der Waals surface area contributed by atoms with Crippen molar-refractivity contribution >= 4 is 11.6 Å². The normalized spacial score (nSPS) is 20.4. The molecule has 0 aliphatic carbocycles. The Bertz CT molecular complexity index is 307. The van der Waals surface area contributed by atoms with Crippen molar-refractivity contribution in [2.75, 3.05) is 26.2 Å². The molecular formula is C11H17ClN2O. The van der Waals surface area contributed by atoms with Gasteiger partial charge >= 0.3 is 0 Å². The van der Waals surface area contributed by atoms with Gasteiger partial charge in [-0.2, -0.15) is 0 Å². The van der Waals surface area contributed by atoms with Gasteiger partial charge in [0.2, 0.25) is 0 Å². The lowest BCUT2D eigenvalue weighted by molar-refractivity contribution is 0.150. The van der Waals surface area contributed by atoms with E-state index in [1.54, 1.807) is 0 Å². The highest BCUT2D eigenvalue weighted by Crippen LogP contribution is 2.27. The summed E-state index contributed by atoms with van der Waals surface area (Å²) in [6.45, 7) is 6.46. The molecular weight excluding hydrogens is 212 g/mol. The van der Waals surface area contributed by atoms with E-state index in [9.17, 15) is 0 Å². The maximum absolute atomic E-state index is 5.80. The molecule has 4 heteroatoms. The van der Waals surface area contributed by atoms with Crippen LogP contribution in [0, 0.1) is 0 Å². The Morgan fingerprint density at radius 1 is 1.47 bits per heavy atom. The number of nitrogens with zero attached hydrogens (tertiary/aromatic N) is 1. The van der Waals surface area contributed by atoms with Crippen molar-refractivity contribution < 1.29 is 4.42 Å². The van der Waals surface area contributed by atoms with E-state index in [0.29, 0.717) is 11.3 Å². The Morgan fingerprint density at radius 3 is 2.73 bits per heavy atom. The molecule has 1 aromatic heterocycles. The molecule has 0 spiro atoms. The van der Waals surface area contributed by atoms with Crippen LogP contribution in [0.4, 0.5) is 0 Å². The highest BCUT2D eigenvalue weighted by atomic mass is 35.5. The molecule has 0 aromatic carbocycles. The third-order valence-corrected chi connectivity index (χ3v) is 3.10. The molecule has 1 aliphatic heterocycles. The van der Waals surface area contributed by atoms with Gasteiger partial charge in [0, 0.05) is 26.2 Å². The second-order valence-corrected chi connectivity index (χ2v) is 4.22. The minimum absolute atomic E-state index is 0.375. The van der Waals surface area contributed by atoms with E-state index in [4.69, 9.17) is 16.0 Å². The largest absolute Gasteiger partial charge is 0.448 e. The van der Waals surface area contributed by atoms with Crippen molar-refractivity contribution in [2.45, 2.75) is 19.4 Å². The Balaban J connectivity index is 2.08. The average molecular weight is 229 g/mol. The van der Waals surface area contributed by atoms with Crippen LogP contribution in [-0.4, -0.2) is 31.1 Å². The number of rotatable bonds is 3. The number of halogens is 1. The maximum Gasteiger partial charge on any atom is 0.193 e. The highest BCUT2D eigenvalue weighted by molar-refractivity contribution is 6.28. The molecule has 2 rings (SSSR count). The first-order valence-electron chi connectivity index (χ1n) is 5.51. The summed E-state index contributed by atoms with van der Waals surface area (Å²) in [5, 5.41) is 3.84. The van der Waals surface area contributed by atoms with Crippen molar-refractivity contribution in [3.8, 4) is 0 Å². The van der Waals surface area contributed by atoms with Crippen molar-refractivity contribution in [1.29, 1.82) is 0 Å². The molecule has 1 aromatic rings. The Hall–Kier alpha value is -0.510. The van der Waals surface area contributed by atoms with Crippen LogP contribution < -0.4 is 5.32 Å². The minimum Gasteiger partial charge on any atom is -0.448 e. The summed E-state index contributed by atoms with van der Waals surface area (Å²) in [6, 6.07) is 4.18. The number of nitrogens with one attached hydrogen (secondary N) is 1. The van der Waals surface area contributed by atoms with Crippen molar-refractivity contribution in [3.63, 3.8) is 0 Å². The number of hydrogen-bond donors (Lipinski definition) is 1. The average Bonchev–Trinajstić information content (AvgIpc) is 2.68. The molecule has 1 saturated heterocycles. The van der Waals surface area contributed by atoms with E-state index in [0.717, 1.165) is 38.4 Å². The Kier molecular flexibility index (Phi) is 3.67. The molecule has 2 heterocycles. The Morgan fingerprint density at radius 2 is 2.20 bits per heavy atom. The molecule has 1 aliphatic rings. The van der Waals surface area contributed by atoms with Gasteiger partial charge in [-0.25, -0.2) is 0 Å². The summed E-state index contributed by atoms with van der Waals surface area (Å²) in [5.41, 5.74) is 0. The van der Waals surface area contributed by atoms with E-state index in [1.807, 2.05) is 12.1 Å². The zero-order chi connectivity index (χ0) is 10.7. The van der Waals surface area contributed by atoms with Crippen LogP contribution >= 0.6 is 11.6 Å². The fourth-order valence-electron chi connectivity index (χ4n) is 2.14. The minimum atomic E-state index is 0.375. The number of furan rings is 1. The van der Waals surface area contributed by atoms with E-state index in [1.165, 1.54) is 0 Å². The third kappa shape index (κ3) is 2.54. The molecule has 1 N–H and O–H groups in total. The summed E-state index contributed by atoms with van der Waals surface area (Å²) in [7, 11) is 0. The molecule has 0 saturated carbocycles. The van der Waals surface area contributed by atoms with Crippen LogP contribution in [-0.2, 0) is 0 Å². The first kappa shape index (κ1) is 11.0. The predicted molar refractivity (Wildman–Crippen MR) is 61.2 cm³/mol. The van der Waals surface area contributed by atoms with Gasteiger partial charge in [0.15, 0.2) is 5.22 Å². The summed E-state index contributed by atoms with van der Waals surface area (Å²) in [4.78, 5) is 2.45. The van der Waals surface area contributed by atoms with E-state index >= 15 is 0 Å². The molecule has 0 amide bonds. The zero-order valence-corrected chi connectivity index (χ0v) is 9.76. The van der Waals surface area contributed by atoms with Crippen LogP contribution in [0.25, 0.3) is 0 Å². The first-order valence-corrected chi connectivity index (χ1v) is 5.89. The molecule has 0 bridgehead atoms.